The van der Waals surface area contributed by atoms with E-state index in [4.69, 9.17) is 16.3 Å². The molecule has 0 saturated carbocycles. The van der Waals surface area contributed by atoms with E-state index in [1.54, 1.807) is 24.3 Å². The summed E-state index contributed by atoms with van der Waals surface area (Å²) in [5, 5.41) is 8.69. The second-order valence-electron chi connectivity index (χ2n) is 4.74. The molecule has 6 heteroatoms. The van der Waals surface area contributed by atoms with Gasteiger partial charge in [0.1, 0.15) is 11.5 Å². The van der Waals surface area contributed by atoms with Gasteiger partial charge in [-0.1, -0.05) is 35.9 Å². The minimum Gasteiger partial charge on any atom is -0.475 e. The molecule has 1 heterocycles. The first kappa shape index (κ1) is 15.4. The standard InChI is InChI=1S/C17H13ClFN3O/c1-2-23-17-15(11-5-3-7-13(18)9-11)20-16(21-22-17)12-6-4-8-14(19)10-12/h3-10H,2H2,1H3. The van der Waals surface area contributed by atoms with E-state index in [-0.39, 0.29) is 5.82 Å². The van der Waals surface area contributed by atoms with Gasteiger partial charge in [0, 0.05) is 16.1 Å². The summed E-state index contributed by atoms with van der Waals surface area (Å²) in [6.45, 7) is 2.28. The van der Waals surface area contributed by atoms with Crippen molar-refractivity contribution >= 4 is 11.6 Å². The zero-order valence-corrected chi connectivity index (χ0v) is 13.1. The maximum atomic E-state index is 13.4. The lowest BCUT2D eigenvalue weighted by Crippen LogP contribution is -2.03. The van der Waals surface area contributed by atoms with Gasteiger partial charge < -0.3 is 4.74 Å². The highest BCUT2D eigenvalue weighted by Gasteiger charge is 2.14. The van der Waals surface area contributed by atoms with Gasteiger partial charge in [-0.25, -0.2) is 9.37 Å². The Morgan fingerprint density at radius 1 is 1.04 bits per heavy atom. The van der Waals surface area contributed by atoms with E-state index in [9.17, 15) is 4.39 Å². The summed E-state index contributed by atoms with van der Waals surface area (Å²) in [4.78, 5) is 4.49. The monoisotopic (exact) mass is 329 g/mol. The first-order valence-corrected chi connectivity index (χ1v) is 7.44. The first-order valence-electron chi connectivity index (χ1n) is 7.07. The van der Waals surface area contributed by atoms with E-state index in [0.29, 0.717) is 34.6 Å². The molecule has 4 nitrogen and oxygen atoms in total. The summed E-state index contributed by atoms with van der Waals surface area (Å²) in [6, 6.07) is 13.3. The summed E-state index contributed by atoms with van der Waals surface area (Å²) in [5.41, 5.74) is 1.82. The Bertz CT molecular complexity index is 842. The highest BCUT2D eigenvalue weighted by Crippen LogP contribution is 2.29. The van der Waals surface area contributed by atoms with Crippen LogP contribution in [0.4, 0.5) is 4.39 Å². The number of aromatic nitrogens is 3. The smallest absolute Gasteiger partial charge is 0.260 e. The summed E-state index contributed by atoms with van der Waals surface area (Å²) in [7, 11) is 0. The lowest BCUT2D eigenvalue weighted by atomic mass is 10.1. The molecular weight excluding hydrogens is 317 g/mol. The molecule has 3 rings (SSSR count). The minimum atomic E-state index is -0.357. The molecular formula is C17H13ClFN3O. The molecule has 0 atom stereocenters. The van der Waals surface area contributed by atoms with Gasteiger partial charge in [-0.05, 0) is 31.2 Å². The van der Waals surface area contributed by atoms with Gasteiger partial charge in [-0.15, -0.1) is 10.2 Å². The largest absolute Gasteiger partial charge is 0.475 e. The summed E-state index contributed by atoms with van der Waals surface area (Å²) in [6.07, 6.45) is 0. The Labute approximate surface area is 137 Å². The number of halogens is 2. The number of benzene rings is 2. The molecule has 0 aliphatic carbocycles. The van der Waals surface area contributed by atoms with Gasteiger partial charge in [-0.2, -0.15) is 0 Å². The second kappa shape index (κ2) is 6.71. The van der Waals surface area contributed by atoms with E-state index >= 15 is 0 Å². The average molecular weight is 330 g/mol. The van der Waals surface area contributed by atoms with E-state index in [1.165, 1.54) is 12.1 Å². The normalized spacial score (nSPS) is 10.6. The Hall–Kier alpha value is -2.53. The van der Waals surface area contributed by atoms with Crippen LogP contribution >= 0.6 is 11.6 Å². The van der Waals surface area contributed by atoms with Gasteiger partial charge in [0.05, 0.1) is 6.61 Å². The summed E-state index contributed by atoms with van der Waals surface area (Å²) in [5.74, 6) is 0.280. The van der Waals surface area contributed by atoms with Crippen molar-refractivity contribution in [2.75, 3.05) is 6.61 Å². The highest BCUT2D eigenvalue weighted by atomic mass is 35.5. The molecule has 0 amide bonds. The van der Waals surface area contributed by atoms with E-state index in [2.05, 4.69) is 15.2 Å². The van der Waals surface area contributed by atoms with Crippen LogP contribution in [0.15, 0.2) is 48.5 Å². The zero-order valence-electron chi connectivity index (χ0n) is 12.3. The van der Waals surface area contributed by atoms with Crippen LogP contribution in [0, 0.1) is 5.82 Å². The maximum Gasteiger partial charge on any atom is 0.260 e. The van der Waals surface area contributed by atoms with Crippen LogP contribution in [0.25, 0.3) is 22.6 Å². The molecule has 23 heavy (non-hydrogen) atoms. The minimum absolute atomic E-state index is 0.315. The van der Waals surface area contributed by atoms with E-state index in [0.717, 1.165) is 5.56 Å². The van der Waals surface area contributed by atoms with Crippen LogP contribution in [0.1, 0.15) is 6.92 Å². The number of rotatable bonds is 4. The number of ether oxygens (including phenoxy) is 1. The fourth-order valence-corrected chi connectivity index (χ4v) is 2.31. The lowest BCUT2D eigenvalue weighted by Gasteiger charge is -2.09. The zero-order chi connectivity index (χ0) is 16.2. The quantitative estimate of drug-likeness (QED) is 0.712. The molecule has 116 valence electrons. The van der Waals surface area contributed by atoms with Gasteiger partial charge in [-0.3, -0.25) is 0 Å². The van der Waals surface area contributed by atoms with Crippen molar-refractivity contribution in [1.29, 1.82) is 0 Å². The SMILES string of the molecule is CCOc1nnc(-c2cccc(F)c2)nc1-c1cccc(Cl)c1. The van der Waals surface area contributed by atoms with E-state index < -0.39 is 0 Å². The van der Waals surface area contributed by atoms with Crippen molar-refractivity contribution in [3.8, 4) is 28.5 Å². The van der Waals surface area contributed by atoms with Crippen LogP contribution < -0.4 is 4.74 Å². The second-order valence-corrected chi connectivity index (χ2v) is 5.18. The molecule has 0 aliphatic heterocycles. The molecule has 0 fully saturated rings. The van der Waals surface area contributed by atoms with Crippen molar-refractivity contribution in [1.82, 2.24) is 15.2 Å². The van der Waals surface area contributed by atoms with Crippen molar-refractivity contribution in [3.63, 3.8) is 0 Å². The van der Waals surface area contributed by atoms with Gasteiger partial charge in [0.25, 0.3) is 5.88 Å². The van der Waals surface area contributed by atoms with Gasteiger partial charge in [0.15, 0.2) is 5.82 Å². The van der Waals surface area contributed by atoms with Crippen molar-refractivity contribution in [3.05, 3.63) is 59.4 Å². The summed E-state index contributed by atoms with van der Waals surface area (Å²) >= 11 is 6.05. The fraction of sp³-hybridized carbons (Fsp3) is 0.118. The Morgan fingerprint density at radius 3 is 2.57 bits per heavy atom. The molecule has 2 aromatic carbocycles. The third-order valence-corrected chi connectivity index (χ3v) is 3.35. The Morgan fingerprint density at radius 2 is 1.83 bits per heavy atom. The average Bonchev–Trinajstić information content (AvgIpc) is 2.55. The van der Waals surface area contributed by atoms with Crippen LogP contribution in [0.3, 0.4) is 0 Å². The van der Waals surface area contributed by atoms with Gasteiger partial charge in [0.2, 0.25) is 0 Å². The van der Waals surface area contributed by atoms with Crippen LogP contribution in [0.2, 0.25) is 5.02 Å². The highest BCUT2D eigenvalue weighted by molar-refractivity contribution is 6.30. The van der Waals surface area contributed by atoms with Crippen molar-refractivity contribution < 1.29 is 9.13 Å². The molecule has 0 spiro atoms. The van der Waals surface area contributed by atoms with Crippen LogP contribution in [-0.2, 0) is 0 Å². The third-order valence-electron chi connectivity index (χ3n) is 3.12. The van der Waals surface area contributed by atoms with Crippen LogP contribution in [0.5, 0.6) is 5.88 Å². The first-order chi connectivity index (χ1) is 11.2. The molecule has 0 unspecified atom stereocenters. The summed E-state index contributed by atoms with van der Waals surface area (Å²) < 4.78 is 18.9. The predicted molar refractivity (Wildman–Crippen MR) is 86.8 cm³/mol. The number of hydrogen-bond acceptors (Lipinski definition) is 4. The Balaban J connectivity index is 2.13. The lowest BCUT2D eigenvalue weighted by molar-refractivity contribution is 0.322. The molecule has 0 aliphatic rings. The fourth-order valence-electron chi connectivity index (χ4n) is 2.12. The predicted octanol–water partition coefficient (Wildman–Crippen LogP) is 4.40. The van der Waals surface area contributed by atoms with Crippen molar-refractivity contribution in [2.45, 2.75) is 6.92 Å². The van der Waals surface area contributed by atoms with E-state index in [1.807, 2.05) is 19.1 Å². The van der Waals surface area contributed by atoms with Crippen LogP contribution in [-0.4, -0.2) is 21.8 Å². The molecule has 1 aromatic heterocycles. The topological polar surface area (TPSA) is 47.9 Å². The van der Waals surface area contributed by atoms with Crippen molar-refractivity contribution in [2.24, 2.45) is 0 Å². The molecule has 0 saturated heterocycles. The number of nitrogens with zero attached hydrogens (tertiary/aromatic N) is 3. The molecule has 0 N–H and O–H groups in total. The molecule has 0 bridgehead atoms. The van der Waals surface area contributed by atoms with Gasteiger partial charge >= 0.3 is 0 Å². The maximum absolute atomic E-state index is 13.4. The molecule has 3 aromatic rings. The number of hydrogen-bond donors (Lipinski definition) is 0. The Kier molecular flexibility index (Phi) is 4.48. The molecule has 0 radical (unpaired) electrons. The third kappa shape index (κ3) is 3.46.